The van der Waals surface area contributed by atoms with E-state index in [0.717, 1.165) is 18.8 Å². The Bertz CT molecular complexity index is 291. The van der Waals surface area contributed by atoms with Crippen LogP contribution in [0.3, 0.4) is 0 Å². The number of nitrogens with one attached hydrogen (secondary N) is 1. The number of hydrogen-bond donors (Lipinski definition) is 1. The van der Waals surface area contributed by atoms with Gasteiger partial charge in [-0.05, 0) is 37.5 Å². The van der Waals surface area contributed by atoms with Gasteiger partial charge in [0.1, 0.15) is 5.75 Å². The molecule has 0 saturated carbocycles. The van der Waals surface area contributed by atoms with Crippen LogP contribution >= 0.6 is 11.8 Å². The third-order valence-electron chi connectivity index (χ3n) is 2.46. The van der Waals surface area contributed by atoms with Crippen molar-refractivity contribution in [1.82, 2.24) is 5.32 Å². The molecule has 0 spiro atoms. The maximum absolute atomic E-state index is 5.30. The summed E-state index contributed by atoms with van der Waals surface area (Å²) in [4.78, 5) is 0. The zero-order chi connectivity index (χ0) is 11.6. The van der Waals surface area contributed by atoms with Crippen molar-refractivity contribution in [3.05, 3.63) is 29.8 Å². The number of hydrogen-bond acceptors (Lipinski definition) is 3. The van der Waals surface area contributed by atoms with Crippen molar-refractivity contribution in [1.29, 1.82) is 0 Å². The van der Waals surface area contributed by atoms with Crippen molar-refractivity contribution in [2.45, 2.75) is 19.4 Å². The van der Waals surface area contributed by atoms with Crippen LogP contribution in [0.5, 0.6) is 5.75 Å². The highest BCUT2D eigenvalue weighted by atomic mass is 32.2. The first kappa shape index (κ1) is 13.4. The first-order valence-corrected chi connectivity index (χ1v) is 7.09. The van der Waals surface area contributed by atoms with Crippen LogP contribution in [0, 0.1) is 0 Å². The minimum absolute atomic E-state index is 0.892. The Labute approximate surface area is 103 Å². The zero-order valence-electron chi connectivity index (χ0n) is 10.2. The van der Waals surface area contributed by atoms with Gasteiger partial charge < -0.3 is 10.1 Å². The second-order valence-electron chi connectivity index (χ2n) is 3.69. The van der Waals surface area contributed by atoms with Gasteiger partial charge in [-0.3, -0.25) is 0 Å². The standard InChI is InChI=1S/C13H21NOS/c1-15-13-8-4-3-7-12(13)11-14-9-5-6-10-16-2/h3-4,7-8,14H,5-6,9-11H2,1-2H3. The maximum Gasteiger partial charge on any atom is 0.123 e. The molecule has 0 atom stereocenters. The van der Waals surface area contributed by atoms with Gasteiger partial charge in [0, 0.05) is 12.1 Å². The highest BCUT2D eigenvalue weighted by Gasteiger charge is 1.99. The van der Waals surface area contributed by atoms with Gasteiger partial charge in [-0.25, -0.2) is 0 Å². The molecule has 3 heteroatoms. The Morgan fingerprint density at radius 2 is 2.06 bits per heavy atom. The quantitative estimate of drug-likeness (QED) is 0.705. The van der Waals surface area contributed by atoms with Crippen LogP contribution in [-0.2, 0) is 6.54 Å². The van der Waals surface area contributed by atoms with E-state index in [-0.39, 0.29) is 0 Å². The molecular formula is C13H21NOS. The number of para-hydroxylation sites is 1. The van der Waals surface area contributed by atoms with Crippen LogP contribution in [0.1, 0.15) is 18.4 Å². The monoisotopic (exact) mass is 239 g/mol. The van der Waals surface area contributed by atoms with Crippen LogP contribution in [0.15, 0.2) is 24.3 Å². The maximum atomic E-state index is 5.30. The molecule has 0 heterocycles. The third-order valence-corrected chi connectivity index (χ3v) is 3.16. The van der Waals surface area contributed by atoms with Crippen molar-refractivity contribution in [3.63, 3.8) is 0 Å². The number of thioether (sulfide) groups is 1. The van der Waals surface area contributed by atoms with Crippen LogP contribution in [0.25, 0.3) is 0 Å². The predicted molar refractivity (Wildman–Crippen MR) is 72.3 cm³/mol. The lowest BCUT2D eigenvalue weighted by Gasteiger charge is -2.09. The molecule has 1 rings (SSSR count). The molecule has 0 saturated heterocycles. The Balaban J connectivity index is 2.21. The minimum Gasteiger partial charge on any atom is -0.496 e. The van der Waals surface area contributed by atoms with Crippen molar-refractivity contribution >= 4 is 11.8 Å². The SMILES string of the molecule is COc1ccccc1CNCCCCSC. The van der Waals surface area contributed by atoms with Gasteiger partial charge in [0.2, 0.25) is 0 Å². The van der Waals surface area contributed by atoms with Crippen LogP contribution in [0.4, 0.5) is 0 Å². The molecular weight excluding hydrogens is 218 g/mol. The van der Waals surface area contributed by atoms with Crippen molar-refractivity contribution in [2.24, 2.45) is 0 Å². The first-order valence-electron chi connectivity index (χ1n) is 5.70. The van der Waals surface area contributed by atoms with Gasteiger partial charge in [-0.1, -0.05) is 18.2 Å². The Morgan fingerprint density at radius 3 is 2.81 bits per heavy atom. The molecule has 0 amide bonds. The zero-order valence-corrected chi connectivity index (χ0v) is 11.0. The number of ether oxygens (including phenoxy) is 1. The molecule has 0 bridgehead atoms. The molecule has 0 aliphatic heterocycles. The second-order valence-corrected chi connectivity index (χ2v) is 4.67. The number of methoxy groups -OCH3 is 1. The van der Waals surface area contributed by atoms with Gasteiger partial charge in [0.05, 0.1) is 7.11 Å². The van der Waals surface area contributed by atoms with Gasteiger partial charge >= 0.3 is 0 Å². The molecule has 2 nitrogen and oxygen atoms in total. The molecule has 1 aromatic carbocycles. The fourth-order valence-electron chi connectivity index (χ4n) is 1.57. The van der Waals surface area contributed by atoms with E-state index >= 15 is 0 Å². The van der Waals surface area contributed by atoms with E-state index in [4.69, 9.17) is 4.74 Å². The fraction of sp³-hybridized carbons (Fsp3) is 0.538. The van der Waals surface area contributed by atoms with Crippen LogP contribution in [0.2, 0.25) is 0 Å². The van der Waals surface area contributed by atoms with Gasteiger partial charge in [-0.2, -0.15) is 11.8 Å². The highest BCUT2D eigenvalue weighted by molar-refractivity contribution is 7.98. The van der Waals surface area contributed by atoms with Crippen molar-refractivity contribution in [2.75, 3.05) is 25.7 Å². The largest absolute Gasteiger partial charge is 0.496 e. The van der Waals surface area contributed by atoms with E-state index < -0.39 is 0 Å². The molecule has 90 valence electrons. The Kier molecular flexibility index (Phi) is 7.10. The topological polar surface area (TPSA) is 21.3 Å². The smallest absolute Gasteiger partial charge is 0.123 e. The molecule has 16 heavy (non-hydrogen) atoms. The lowest BCUT2D eigenvalue weighted by atomic mass is 10.2. The summed E-state index contributed by atoms with van der Waals surface area (Å²) in [5.41, 5.74) is 1.23. The molecule has 0 aliphatic rings. The molecule has 0 unspecified atom stereocenters. The molecule has 0 fully saturated rings. The average molecular weight is 239 g/mol. The van der Waals surface area contributed by atoms with E-state index in [1.807, 2.05) is 30.0 Å². The number of rotatable bonds is 8. The second kappa shape index (κ2) is 8.48. The summed E-state index contributed by atoms with van der Waals surface area (Å²) in [6, 6.07) is 8.16. The summed E-state index contributed by atoms with van der Waals surface area (Å²) in [7, 11) is 1.72. The van der Waals surface area contributed by atoms with Gasteiger partial charge in [0.25, 0.3) is 0 Å². The number of unbranched alkanes of at least 4 members (excludes halogenated alkanes) is 1. The van der Waals surface area contributed by atoms with E-state index in [9.17, 15) is 0 Å². The van der Waals surface area contributed by atoms with E-state index in [2.05, 4.69) is 17.6 Å². The first-order chi connectivity index (χ1) is 7.88. The molecule has 1 N–H and O–H groups in total. The van der Waals surface area contributed by atoms with E-state index in [1.165, 1.54) is 24.2 Å². The minimum atomic E-state index is 0.892. The summed E-state index contributed by atoms with van der Waals surface area (Å²) in [6.07, 6.45) is 4.69. The normalized spacial score (nSPS) is 10.4. The van der Waals surface area contributed by atoms with Gasteiger partial charge in [0.15, 0.2) is 0 Å². The van der Waals surface area contributed by atoms with Gasteiger partial charge in [-0.15, -0.1) is 0 Å². The molecule has 1 aromatic rings. The third kappa shape index (κ3) is 4.90. The Morgan fingerprint density at radius 1 is 1.25 bits per heavy atom. The fourth-order valence-corrected chi connectivity index (χ4v) is 2.06. The summed E-state index contributed by atoms with van der Waals surface area (Å²) < 4.78 is 5.30. The molecule has 0 aromatic heterocycles. The lowest BCUT2D eigenvalue weighted by Crippen LogP contribution is -2.15. The van der Waals surface area contributed by atoms with E-state index in [0.29, 0.717) is 0 Å². The molecule has 0 radical (unpaired) electrons. The highest BCUT2D eigenvalue weighted by Crippen LogP contribution is 2.16. The van der Waals surface area contributed by atoms with Crippen LogP contribution < -0.4 is 10.1 Å². The molecule has 0 aliphatic carbocycles. The van der Waals surface area contributed by atoms with E-state index in [1.54, 1.807) is 7.11 Å². The van der Waals surface area contributed by atoms with Crippen molar-refractivity contribution in [3.8, 4) is 5.75 Å². The average Bonchev–Trinajstić information content (AvgIpc) is 2.34. The Hall–Kier alpha value is -0.670. The lowest BCUT2D eigenvalue weighted by molar-refractivity contribution is 0.407. The summed E-state index contributed by atoms with van der Waals surface area (Å²) in [5, 5.41) is 3.45. The summed E-state index contributed by atoms with van der Waals surface area (Å²) >= 11 is 1.91. The van der Waals surface area contributed by atoms with Crippen molar-refractivity contribution < 1.29 is 4.74 Å². The predicted octanol–water partition coefficient (Wildman–Crippen LogP) is 2.93. The van der Waals surface area contributed by atoms with Crippen LogP contribution in [-0.4, -0.2) is 25.7 Å². The summed E-state index contributed by atoms with van der Waals surface area (Å²) in [6.45, 7) is 1.97. The number of benzene rings is 1. The summed E-state index contributed by atoms with van der Waals surface area (Å²) in [5.74, 6) is 2.23.